The minimum absolute atomic E-state index is 0.430. The molecule has 0 aromatic carbocycles. The molecule has 8 heteroatoms. The molecular formula is C13H22N6OS. The second-order valence-electron chi connectivity index (χ2n) is 4.84. The predicted octanol–water partition coefficient (Wildman–Crippen LogP) is 1.28. The average Bonchev–Trinajstić information content (AvgIpc) is 2.85. The van der Waals surface area contributed by atoms with Crippen LogP contribution < -0.4 is 16.6 Å². The fourth-order valence-corrected chi connectivity index (χ4v) is 2.84. The number of nitrogens with one attached hydrogen (secondary N) is 2. The first kappa shape index (κ1) is 15.9. The van der Waals surface area contributed by atoms with Gasteiger partial charge in [0.05, 0.1) is 12.0 Å². The molecule has 2 aromatic rings. The Balaban J connectivity index is 2.03. The Bertz CT molecular complexity index is 587. The number of likely N-dealkylation sites (N-methyl/N-ethyl adjacent to an activating group) is 1. The van der Waals surface area contributed by atoms with Gasteiger partial charge in [-0.05, 0) is 20.0 Å². The number of methoxy groups -OCH3 is 1. The summed E-state index contributed by atoms with van der Waals surface area (Å²) in [5.41, 5.74) is 2.51. The van der Waals surface area contributed by atoms with Crippen molar-refractivity contribution in [3.8, 4) is 0 Å². The Labute approximate surface area is 128 Å². The molecule has 4 N–H and O–H groups in total. The van der Waals surface area contributed by atoms with Gasteiger partial charge >= 0.3 is 0 Å². The fraction of sp³-hybridized carbons (Fsp3) is 0.538. The highest BCUT2D eigenvalue weighted by atomic mass is 32.1. The second kappa shape index (κ2) is 7.51. The summed E-state index contributed by atoms with van der Waals surface area (Å²) in [6.45, 7) is 5.41. The third-order valence-corrected chi connectivity index (χ3v) is 4.05. The maximum absolute atomic E-state index is 5.43. The number of fused-ring (bicyclic) bond motifs is 1. The third kappa shape index (κ3) is 4.24. The Hall–Kier alpha value is -1.48. The summed E-state index contributed by atoms with van der Waals surface area (Å²) in [4.78, 5) is 13.1. The van der Waals surface area contributed by atoms with Gasteiger partial charge in [0.25, 0.3) is 0 Å². The number of rotatable bonds is 8. The molecule has 0 aliphatic heterocycles. The number of thiophene rings is 1. The van der Waals surface area contributed by atoms with Crippen molar-refractivity contribution in [3.63, 3.8) is 0 Å². The summed E-state index contributed by atoms with van der Waals surface area (Å²) in [6, 6.07) is 2.09. The number of nitrogens with zero attached hydrogens (tertiary/aromatic N) is 3. The summed E-state index contributed by atoms with van der Waals surface area (Å²) in [6.07, 6.45) is 0. The number of hydrazine groups is 1. The van der Waals surface area contributed by atoms with E-state index in [9.17, 15) is 0 Å². The molecule has 0 fully saturated rings. The van der Waals surface area contributed by atoms with Crippen LogP contribution in [0.15, 0.2) is 6.07 Å². The van der Waals surface area contributed by atoms with Crippen LogP contribution in [0.1, 0.15) is 4.88 Å². The van der Waals surface area contributed by atoms with Crippen LogP contribution in [0.3, 0.4) is 0 Å². The fourth-order valence-electron chi connectivity index (χ4n) is 1.97. The summed E-state index contributed by atoms with van der Waals surface area (Å²) in [7, 11) is 3.78. The van der Waals surface area contributed by atoms with Crippen molar-refractivity contribution in [1.29, 1.82) is 0 Å². The summed E-state index contributed by atoms with van der Waals surface area (Å²) >= 11 is 1.63. The van der Waals surface area contributed by atoms with Crippen LogP contribution in [0.5, 0.6) is 0 Å². The zero-order valence-corrected chi connectivity index (χ0v) is 13.5. The molecule has 0 bridgehead atoms. The smallest absolute Gasteiger partial charge is 0.240 e. The van der Waals surface area contributed by atoms with Crippen molar-refractivity contribution in [3.05, 3.63) is 10.9 Å². The van der Waals surface area contributed by atoms with Crippen LogP contribution in [0.4, 0.5) is 11.8 Å². The molecule has 21 heavy (non-hydrogen) atoms. The molecule has 0 radical (unpaired) electrons. The third-order valence-electron chi connectivity index (χ3n) is 3.11. The number of hydrogen-bond acceptors (Lipinski definition) is 8. The monoisotopic (exact) mass is 310 g/mol. The molecule has 0 atom stereocenters. The number of hydrogen-bond donors (Lipinski definition) is 3. The van der Waals surface area contributed by atoms with E-state index in [-0.39, 0.29) is 0 Å². The van der Waals surface area contributed by atoms with Gasteiger partial charge in [-0.1, -0.05) is 0 Å². The average molecular weight is 310 g/mol. The Morgan fingerprint density at radius 2 is 2.19 bits per heavy atom. The van der Waals surface area contributed by atoms with E-state index in [4.69, 9.17) is 10.6 Å². The van der Waals surface area contributed by atoms with Crippen molar-refractivity contribution in [1.82, 2.24) is 14.9 Å². The molecule has 0 aliphatic rings. The van der Waals surface area contributed by atoms with Crippen LogP contribution in [0, 0.1) is 6.92 Å². The van der Waals surface area contributed by atoms with E-state index in [1.165, 1.54) is 4.88 Å². The highest BCUT2D eigenvalue weighted by Gasteiger charge is 2.10. The van der Waals surface area contributed by atoms with Gasteiger partial charge in [-0.3, -0.25) is 5.43 Å². The first-order valence-electron chi connectivity index (χ1n) is 6.80. The second-order valence-corrected chi connectivity index (χ2v) is 6.07. The number of anilines is 2. The Kier molecular flexibility index (Phi) is 5.68. The number of aryl methyl sites for hydroxylation is 1. The zero-order chi connectivity index (χ0) is 15.2. The van der Waals surface area contributed by atoms with Crippen LogP contribution in [0.25, 0.3) is 10.2 Å². The SMILES string of the molecule is COCCN(C)CCNc1nc(NN)nc2sc(C)cc12. The van der Waals surface area contributed by atoms with E-state index in [0.29, 0.717) is 5.95 Å². The largest absolute Gasteiger partial charge is 0.383 e. The van der Waals surface area contributed by atoms with Crippen molar-refractivity contribution in [2.75, 3.05) is 51.1 Å². The van der Waals surface area contributed by atoms with Gasteiger partial charge < -0.3 is 15.0 Å². The normalized spacial score (nSPS) is 11.3. The molecular weight excluding hydrogens is 288 g/mol. The van der Waals surface area contributed by atoms with Crippen LogP contribution in [-0.2, 0) is 4.74 Å². The van der Waals surface area contributed by atoms with Gasteiger partial charge in [-0.15, -0.1) is 11.3 Å². The first-order chi connectivity index (χ1) is 10.1. The molecule has 0 saturated carbocycles. The van der Waals surface area contributed by atoms with E-state index in [2.05, 4.69) is 45.6 Å². The summed E-state index contributed by atoms with van der Waals surface area (Å²) < 4.78 is 5.06. The lowest BCUT2D eigenvalue weighted by atomic mass is 10.3. The summed E-state index contributed by atoms with van der Waals surface area (Å²) in [5.74, 6) is 6.68. The van der Waals surface area contributed by atoms with Gasteiger partial charge in [0.15, 0.2) is 0 Å². The zero-order valence-electron chi connectivity index (χ0n) is 12.6. The van der Waals surface area contributed by atoms with E-state index < -0.39 is 0 Å². The molecule has 116 valence electrons. The van der Waals surface area contributed by atoms with E-state index >= 15 is 0 Å². The lowest BCUT2D eigenvalue weighted by Crippen LogP contribution is -2.28. The van der Waals surface area contributed by atoms with E-state index in [1.807, 2.05) is 0 Å². The topological polar surface area (TPSA) is 88.3 Å². The minimum Gasteiger partial charge on any atom is -0.383 e. The van der Waals surface area contributed by atoms with Crippen LogP contribution in [-0.4, -0.2) is 55.3 Å². The predicted molar refractivity (Wildman–Crippen MR) is 87.8 cm³/mol. The standard InChI is InChI=1S/C13H22N6OS/c1-9-8-10-11(15-4-5-19(2)6-7-20-3)16-13(18-14)17-12(10)21-9/h8H,4-7,14H2,1-3H3,(H2,15,16,17,18). The first-order valence-corrected chi connectivity index (χ1v) is 7.62. The summed E-state index contributed by atoms with van der Waals surface area (Å²) in [5, 5.41) is 4.40. The lowest BCUT2D eigenvalue weighted by Gasteiger charge is -2.16. The molecule has 2 aromatic heterocycles. The molecule has 2 heterocycles. The van der Waals surface area contributed by atoms with Gasteiger partial charge in [0.2, 0.25) is 5.95 Å². The van der Waals surface area contributed by atoms with Gasteiger partial charge in [-0.25, -0.2) is 10.8 Å². The minimum atomic E-state index is 0.430. The van der Waals surface area contributed by atoms with Gasteiger partial charge in [-0.2, -0.15) is 4.98 Å². The highest BCUT2D eigenvalue weighted by Crippen LogP contribution is 2.29. The van der Waals surface area contributed by atoms with Crippen LogP contribution in [0.2, 0.25) is 0 Å². The molecule has 2 rings (SSSR count). The van der Waals surface area contributed by atoms with Crippen molar-refractivity contribution in [2.24, 2.45) is 5.84 Å². The Morgan fingerprint density at radius 3 is 2.90 bits per heavy atom. The van der Waals surface area contributed by atoms with Crippen molar-refractivity contribution < 1.29 is 4.74 Å². The molecule has 0 spiro atoms. The van der Waals surface area contributed by atoms with Gasteiger partial charge in [0, 0.05) is 31.6 Å². The molecule has 0 unspecified atom stereocenters. The van der Waals surface area contributed by atoms with Crippen LogP contribution >= 0.6 is 11.3 Å². The molecule has 0 saturated heterocycles. The molecule has 0 amide bonds. The maximum atomic E-state index is 5.43. The molecule has 0 aliphatic carbocycles. The highest BCUT2D eigenvalue weighted by molar-refractivity contribution is 7.18. The maximum Gasteiger partial charge on any atom is 0.240 e. The number of nitrogen functional groups attached to an aromatic ring is 1. The quantitative estimate of drug-likeness (QED) is 0.500. The van der Waals surface area contributed by atoms with Gasteiger partial charge in [0.1, 0.15) is 10.6 Å². The number of nitrogens with two attached hydrogens (primary N) is 1. The van der Waals surface area contributed by atoms with Crippen molar-refractivity contribution >= 4 is 33.3 Å². The number of aromatic nitrogens is 2. The Morgan fingerprint density at radius 1 is 1.38 bits per heavy atom. The molecule has 7 nitrogen and oxygen atoms in total. The van der Waals surface area contributed by atoms with E-state index in [0.717, 1.165) is 42.3 Å². The number of ether oxygens (including phenoxy) is 1. The van der Waals surface area contributed by atoms with E-state index in [1.54, 1.807) is 18.4 Å². The van der Waals surface area contributed by atoms with Crippen molar-refractivity contribution in [2.45, 2.75) is 6.92 Å². The lowest BCUT2D eigenvalue weighted by molar-refractivity contribution is 0.163.